The summed E-state index contributed by atoms with van der Waals surface area (Å²) in [6, 6.07) is 1.18. The smallest absolute Gasteiger partial charge is 0.312 e. The Labute approximate surface area is 106 Å². The second-order valence-electron chi connectivity index (χ2n) is 2.39. The fourth-order valence-corrected chi connectivity index (χ4v) is 0.861. The zero-order valence-corrected chi connectivity index (χ0v) is 9.88. The van der Waals surface area contributed by atoms with Gasteiger partial charge in [0.05, 0.1) is 0 Å². The quantitative estimate of drug-likeness (QED) is 0.703. The molecule has 0 aromatic rings. The standard InChI is InChI=1S/C6H8N.C5H5.ClH.Fe/c1-7-6-4-2-3-5-6;1-2-4-5-3-1;;/h2-5,7H,1H3;1-5H;1H;/q;;;+2. The minimum atomic E-state index is 0. The van der Waals surface area contributed by atoms with Crippen molar-refractivity contribution < 1.29 is 17.1 Å². The number of nitrogens with one attached hydrogen (secondary N) is 1. The Morgan fingerprint density at radius 1 is 0.786 bits per heavy atom. The van der Waals surface area contributed by atoms with Gasteiger partial charge in [0.2, 0.25) is 0 Å². The van der Waals surface area contributed by atoms with Gasteiger partial charge in [-0.3, -0.25) is 0 Å². The summed E-state index contributed by atoms with van der Waals surface area (Å²) in [6.07, 6.45) is 18.1. The summed E-state index contributed by atoms with van der Waals surface area (Å²) in [7, 11) is 1.91. The van der Waals surface area contributed by atoms with E-state index < -0.39 is 0 Å². The molecule has 0 heterocycles. The van der Waals surface area contributed by atoms with Crippen molar-refractivity contribution in [3.63, 3.8) is 0 Å². The van der Waals surface area contributed by atoms with Crippen molar-refractivity contribution in [1.82, 2.24) is 5.32 Å². The molecule has 0 bridgehead atoms. The molecule has 1 N–H and O–H groups in total. The number of hydrogen-bond acceptors (Lipinski definition) is 1. The van der Waals surface area contributed by atoms with Gasteiger partial charge in [0.25, 0.3) is 0 Å². The van der Waals surface area contributed by atoms with Crippen LogP contribution in [-0.2, 0) is 17.1 Å². The summed E-state index contributed by atoms with van der Waals surface area (Å²) < 4.78 is 0. The van der Waals surface area contributed by atoms with Crippen LogP contribution in [0.1, 0.15) is 0 Å². The van der Waals surface area contributed by atoms with E-state index in [1.54, 1.807) is 0 Å². The van der Waals surface area contributed by atoms with Gasteiger partial charge in [-0.05, 0) is 64.8 Å². The zero-order valence-electron chi connectivity index (χ0n) is 7.96. The van der Waals surface area contributed by atoms with Gasteiger partial charge in [0.15, 0.2) is 0 Å². The summed E-state index contributed by atoms with van der Waals surface area (Å²) in [5.41, 5.74) is 0. The number of hydrogen-bond donors (Lipinski definition) is 1. The van der Waals surface area contributed by atoms with Gasteiger partial charge in [0, 0.05) is 6.04 Å². The molecule has 14 heavy (non-hydrogen) atoms. The molecule has 2 aliphatic carbocycles. The summed E-state index contributed by atoms with van der Waals surface area (Å²) in [4.78, 5) is 0. The van der Waals surface area contributed by atoms with Gasteiger partial charge in [-0.2, -0.15) is 0 Å². The molecule has 0 amide bonds. The van der Waals surface area contributed by atoms with Crippen LogP contribution in [0.25, 0.3) is 0 Å². The molecule has 76 valence electrons. The fourth-order valence-electron chi connectivity index (χ4n) is 0.861. The Morgan fingerprint density at radius 3 is 1.36 bits per heavy atom. The minimum absolute atomic E-state index is 0. The molecule has 0 saturated heterocycles. The molecule has 0 spiro atoms. The molecule has 1 nitrogen and oxygen atoms in total. The van der Waals surface area contributed by atoms with E-state index in [1.165, 1.54) is 6.04 Å². The maximum Gasteiger partial charge on any atom is 2.00 e. The van der Waals surface area contributed by atoms with E-state index in [0.29, 0.717) is 0 Å². The molecule has 2 fully saturated rings. The van der Waals surface area contributed by atoms with Gasteiger partial charge in [-0.15, -0.1) is 12.4 Å². The molecule has 0 atom stereocenters. The van der Waals surface area contributed by atoms with Gasteiger partial charge in [-0.25, -0.2) is 0 Å². The molecule has 10 radical (unpaired) electrons. The van der Waals surface area contributed by atoms with Gasteiger partial charge >= 0.3 is 17.1 Å². The number of rotatable bonds is 1. The first-order chi connectivity index (χ1) is 5.93. The molecule has 0 unspecified atom stereocenters. The molecule has 0 aromatic carbocycles. The average Bonchev–Trinajstić information content (AvgIpc) is 2.81. The van der Waals surface area contributed by atoms with E-state index >= 15 is 0 Å². The van der Waals surface area contributed by atoms with Crippen LogP contribution >= 0.6 is 12.4 Å². The van der Waals surface area contributed by atoms with Crippen LogP contribution in [0.3, 0.4) is 0 Å². The molecule has 2 aliphatic rings. The van der Waals surface area contributed by atoms with Crippen molar-refractivity contribution in [1.29, 1.82) is 0 Å². The minimum Gasteiger partial charge on any atom is -0.312 e. The Bertz CT molecular complexity index is 93.9. The van der Waals surface area contributed by atoms with Crippen LogP contribution in [0.15, 0.2) is 0 Å². The van der Waals surface area contributed by atoms with Gasteiger partial charge in [0.1, 0.15) is 0 Å². The molecule has 3 heteroatoms. The third-order valence-electron chi connectivity index (χ3n) is 1.51. The largest absolute Gasteiger partial charge is 2.00 e. The van der Waals surface area contributed by atoms with Crippen LogP contribution in [0.2, 0.25) is 0 Å². The summed E-state index contributed by atoms with van der Waals surface area (Å²) in [6.45, 7) is 0. The molecule has 0 aromatic heterocycles. The van der Waals surface area contributed by atoms with E-state index in [1.807, 2.05) is 64.8 Å². The van der Waals surface area contributed by atoms with Gasteiger partial charge < -0.3 is 5.32 Å². The number of halogens is 1. The maximum absolute atomic E-state index is 3.01. The second-order valence-corrected chi connectivity index (χ2v) is 2.39. The van der Waals surface area contributed by atoms with Crippen molar-refractivity contribution in [3.05, 3.63) is 63.8 Å². The SMILES string of the molecule is CN[C]1[CH][CH][CH][CH]1.Cl.[CH]1[CH][CH][CH][CH]1.[Fe+2]. The fraction of sp³-hybridized carbons (Fsp3) is 0.0909. The summed E-state index contributed by atoms with van der Waals surface area (Å²) in [5, 5.41) is 3.01. The van der Waals surface area contributed by atoms with Gasteiger partial charge in [-0.1, -0.05) is 0 Å². The Balaban J connectivity index is 0. The van der Waals surface area contributed by atoms with Crippen LogP contribution in [0.5, 0.6) is 0 Å². The van der Waals surface area contributed by atoms with E-state index in [4.69, 9.17) is 0 Å². The van der Waals surface area contributed by atoms with E-state index in [2.05, 4.69) is 5.32 Å². The van der Waals surface area contributed by atoms with Crippen molar-refractivity contribution in [2.24, 2.45) is 0 Å². The van der Waals surface area contributed by atoms with Crippen molar-refractivity contribution in [3.8, 4) is 0 Å². The van der Waals surface area contributed by atoms with E-state index in [9.17, 15) is 0 Å². The topological polar surface area (TPSA) is 12.0 Å². The van der Waals surface area contributed by atoms with E-state index in [0.717, 1.165) is 0 Å². The Morgan fingerprint density at radius 2 is 1.14 bits per heavy atom. The molecular weight excluding hydrogens is 237 g/mol. The monoisotopic (exact) mass is 251 g/mol. The Hall–Kier alpha value is 0.769. The van der Waals surface area contributed by atoms with Crippen LogP contribution in [0, 0.1) is 63.8 Å². The summed E-state index contributed by atoms with van der Waals surface area (Å²) >= 11 is 0. The molecule has 0 aliphatic heterocycles. The molecular formula is C11H14ClFeN+2. The predicted octanol–water partition coefficient (Wildman–Crippen LogP) is 2.01. The molecule has 2 rings (SSSR count). The first-order valence-corrected chi connectivity index (χ1v) is 3.99. The first kappa shape index (κ1) is 17.2. The van der Waals surface area contributed by atoms with Crippen LogP contribution in [-0.4, -0.2) is 7.05 Å². The first-order valence-electron chi connectivity index (χ1n) is 3.99. The molecule has 2 saturated carbocycles. The predicted molar refractivity (Wildman–Crippen MR) is 58.3 cm³/mol. The third-order valence-corrected chi connectivity index (χ3v) is 1.51. The summed E-state index contributed by atoms with van der Waals surface area (Å²) in [5.74, 6) is 0. The second kappa shape index (κ2) is 11.8. The van der Waals surface area contributed by atoms with E-state index in [-0.39, 0.29) is 29.5 Å². The van der Waals surface area contributed by atoms with Crippen molar-refractivity contribution in [2.75, 3.05) is 7.05 Å². The normalized spacial score (nSPS) is 20.4. The maximum atomic E-state index is 3.01. The Kier molecular flexibility index (Phi) is 14.5. The van der Waals surface area contributed by atoms with Crippen molar-refractivity contribution >= 4 is 12.4 Å². The van der Waals surface area contributed by atoms with Crippen LogP contribution < -0.4 is 5.32 Å². The average molecular weight is 252 g/mol. The van der Waals surface area contributed by atoms with Crippen molar-refractivity contribution in [2.45, 2.75) is 0 Å². The van der Waals surface area contributed by atoms with Crippen LogP contribution in [0.4, 0.5) is 0 Å². The zero-order chi connectivity index (χ0) is 8.65. The third kappa shape index (κ3) is 8.11.